The van der Waals surface area contributed by atoms with Crippen LogP contribution < -0.4 is 5.32 Å². The molecule has 0 fully saturated rings. The fraction of sp³-hybridized carbons (Fsp3) is 0.455. The molecule has 1 aromatic rings. The number of alkyl halides is 1. The van der Waals surface area contributed by atoms with Gasteiger partial charge in [-0.15, -0.1) is 11.6 Å². The van der Waals surface area contributed by atoms with Gasteiger partial charge < -0.3 is 10.4 Å². The monoisotopic (exact) mass is 213 g/mol. The molecular formula is C11H16ClNO. The summed E-state index contributed by atoms with van der Waals surface area (Å²) in [6.07, 6.45) is 0. The molecule has 0 aliphatic carbocycles. The number of halogens is 1. The van der Waals surface area contributed by atoms with E-state index in [0.717, 1.165) is 0 Å². The van der Waals surface area contributed by atoms with E-state index in [9.17, 15) is 0 Å². The lowest BCUT2D eigenvalue weighted by molar-refractivity contribution is 0.287. The molecule has 3 heteroatoms. The first-order chi connectivity index (χ1) is 6.74. The summed E-state index contributed by atoms with van der Waals surface area (Å²) in [6.45, 7) is 2.71. The second kappa shape index (κ2) is 6.02. The Morgan fingerprint density at radius 1 is 1.36 bits per heavy atom. The van der Waals surface area contributed by atoms with E-state index < -0.39 is 0 Å². The highest BCUT2D eigenvalue weighted by Crippen LogP contribution is 2.11. The van der Waals surface area contributed by atoms with Crippen LogP contribution in [0.4, 0.5) is 0 Å². The van der Waals surface area contributed by atoms with Crippen molar-refractivity contribution in [2.75, 3.05) is 13.2 Å². The number of nitrogens with one attached hydrogen (secondary N) is 1. The molecule has 0 spiro atoms. The summed E-state index contributed by atoms with van der Waals surface area (Å²) in [4.78, 5) is 0. The molecule has 1 unspecified atom stereocenters. The van der Waals surface area contributed by atoms with E-state index in [4.69, 9.17) is 16.7 Å². The summed E-state index contributed by atoms with van der Waals surface area (Å²) in [6, 6.07) is 10.4. The zero-order valence-corrected chi connectivity index (χ0v) is 9.04. The van der Waals surface area contributed by atoms with Gasteiger partial charge in [0, 0.05) is 12.6 Å². The lowest BCUT2D eigenvalue weighted by atomic mass is 10.1. The normalized spacial score (nSPS) is 15.1. The molecule has 0 aromatic heterocycles. The lowest BCUT2D eigenvalue weighted by Gasteiger charge is -2.15. The Balaban J connectivity index is 2.39. The van der Waals surface area contributed by atoms with E-state index in [1.54, 1.807) is 0 Å². The van der Waals surface area contributed by atoms with Crippen molar-refractivity contribution in [3.05, 3.63) is 35.9 Å². The highest BCUT2D eigenvalue weighted by Gasteiger charge is 2.06. The summed E-state index contributed by atoms with van der Waals surface area (Å²) in [5.41, 5.74) is 1.23. The molecule has 0 radical (unpaired) electrons. The average Bonchev–Trinajstić information content (AvgIpc) is 2.26. The summed E-state index contributed by atoms with van der Waals surface area (Å²) < 4.78 is 0. The molecule has 0 amide bonds. The van der Waals surface area contributed by atoms with Gasteiger partial charge in [0.25, 0.3) is 0 Å². The third-order valence-electron chi connectivity index (χ3n) is 2.14. The number of hydrogen-bond donors (Lipinski definition) is 2. The molecule has 2 nitrogen and oxygen atoms in total. The van der Waals surface area contributed by atoms with E-state index >= 15 is 0 Å². The fourth-order valence-electron chi connectivity index (χ4n) is 1.23. The van der Waals surface area contributed by atoms with E-state index in [2.05, 4.69) is 24.4 Å². The van der Waals surface area contributed by atoms with Gasteiger partial charge >= 0.3 is 0 Å². The SMILES string of the molecule is C[C@@H](NCC(Cl)CO)c1ccccc1. The second-order valence-corrected chi connectivity index (χ2v) is 3.94. The summed E-state index contributed by atoms with van der Waals surface area (Å²) in [5.74, 6) is 0. The molecule has 0 aliphatic heterocycles. The topological polar surface area (TPSA) is 32.3 Å². The minimum atomic E-state index is -0.207. The summed E-state index contributed by atoms with van der Waals surface area (Å²) >= 11 is 5.78. The van der Waals surface area contributed by atoms with Gasteiger partial charge in [0.05, 0.1) is 12.0 Å². The highest BCUT2D eigenvalue weighted by atomic mass is 35.5. The third-order valence-corrected chi connectivity index (χ3v) is 2.44. The molecule has 0 aliphatic rings. The fourth-order valence-corrected chi connectivity index (χ4v) is 1.32. The number of rotatable bonds is 5. The molecule has 2 N–H and O–H groups in total. The van der Waals surface area contributed by atoms with Crippen molar-refractivity contribution in [1.82, 2.24) is 5.32 Å². The van der Waals surface area contributed by atoms with Crippen molar-refractivity contribution in [3.63, 3.8) is 0 Å². The van der Waals surface area contributed by atoms with Crippen LogP contribution in [-0.4, -0.2) is 23.6 Å². The largest absolute Gasteiger partial charge is 0.395 e. The first-order valence-corrected chi connectivity index (χ1v) is 5.21. The first kappa shape index (κ1) is 11.5. The minimum Gasteiger partial charge on any atom is -0.395 e. The van der Waals surface area contributed by atoms with E-state index in [1.165, 1.54) is 5.56 Å². The van der Waals surface area contributed by atoms with Crippen LogP contribution in [0.15, 0.2) is 30.3 Å². The summed E-state index contributed by atoms with van der Waals surface area (Å²) in [5, 5.41) is 11.8. The molecule has 2 atom stereocenters. The molecule has 0 bridgehead atoms. The van der Waals surface area contributed by atoms with Crippen molar-refractivity contribution >= 4 is 11.6 Å². The minimum absolute atomic E-state index is 0.00999. The van der Waals surface area contributed by atoms with E-state index in [1.807, 2.05) is 18.2 Å². The third kappa shape index (κ3) is 3.66. The predicted molar refractivity (Wildman–Crippen MR) is 59.6 cm³/mol. The highest BCUT2D eigenvalue weighted by molar-refractivity contribution is 6.20. The van der Waals surface area contributed by atoms with Crippen LogP contribution in [-0.2, 0) is 0 Å². The van der Waals surface area contributed by atoms with Crippen molar-refractivity contribution in [2.45, 2.75) is 18.3 Å². The summed E-state index contributed by atoms with van der Waals surface area (Å²) in [7, 11) is 0. The Bertz CT molecular complexity index is 253. The maximum absolute atomic E-state index is 8.75. The quantitative estimate of drug-likeness (QED) is 0.733. The van der Waals surface area contributed by atoms with Gasteiger partial charge in [0.15, 0.2) is 0 Å². The van der Waals surface area contributed by atoms with Crippen molar-refractivity contribution in [2.24, 2.45) is 0 Å². The van der Waals surface area contributed by atoms with Crippen molar-refractivity contribution in [3.8, 4) is 0 Å². The zero-order chi connectivity index (χ0) is 10.4. The Kier molecular flexibility index (Phi) is 4.94. The van der Waals surface area contributed by atoms with Gasteiger partial charge in [-0.25, -0.2) is 0 Å². The van der Waals surface area contributed by atoms with Crippen LogP contribution in [0.1, 0.15) is 18.5 Å². The van der Waals surface area contributed by atoms with Gasteiger partial charge in [-0.3, -0.25) is 0 Å². The van der Waals surface area contributed by atoms with Crippen LogP contribution in [0.2, 0.25) is 0 Å². The predicted octanol–water partition coefficient (Wildman–Crippen LogP) is 1.94. The number of aliphatic hydroxyl groups is 1. The van der Waals surface area contributed by atoms with Crippen LogP contribution >= 0.6 is 11.6 Å². The van der Waals surface area contributed by atoms with Gasteiger partial charge in [0.1, 0.15) is 0 Å². The van der Waals surface area contributed by atoms with Gasteiger partial charge in [-0.2, -0.15) is 0 Å². The second-order valence-electron chi connectivity index (χ2n) is 3.32. The number of benzene rings is 1. The van der Waals surface area contributed by atoms with E-state index in [-0.39, 0.29) is 18.0 Å². The Morgan fingerprint density at radius 3 is 2.57 bits per heavy atom. The Morgan fingerprint density at radius 2 is 2.00 bits per heavy atom. The molecule has 1 rings (SSSR count). The van der Waals surface area contributed by atoms with Gasteiger partial charge in [-0.1, -0.05) is 30.3 Å². The maximum Gasteiger partial charge on any atom is 0.0691 e. The molecule has 0 heterocycles. The smallest absolute Gasteiger partial charge is 0.0691 e. The molecule has 14 heavy (non-hydrogen) atoms. The first-order valence-electron chi connectivity index (χ1n) is 4.77. The average molecular weight is 214 g/mol. The van der Waals surface area contributed by atoms with Crippen molar-refractivity contribution < 1.29 is 5.11 Å². The molecular weight excluding hydrogens is 198 g/mol. The number of hydrogen-bond acceptors (Lipinski definition) is 2. The van der Waals surface area contributed by atoms with Crippen molar-refractivity contribution in [1.29, 1.82) is 0 Å². The number of aliphatic hydroxyl groups excluding tert-OH is 1. The molecule has 0 saturated carbocycles. The van der Waals surface area contributed by atoms with Gasteiger partial charge in [-0.05, 0) is 12.5 Å². The van der Waals surface area contributed by atoms with Gasteiger partial charge in [0.2, 0.25) is 0 Å². The van der Waals surface area contributed by atoms with Crippen LogP contribution in [0.25, 0.3) is 0 Å². The Hall–Kier alpha value is -0.570. The maximum atomic E-state index is 8.75. The van der Waals surface area contributed by atoms with E-state index in [0.29, 0.717) is 6.54 Å². The lowest BCUT2D eigenvalue weighted by Crippen LogP contribution is -2.28. The molecule has 1 aromatic carbocycles. The van der Waals surface area contributed by atoms with Crippen LogP contribution in [0, 0.1) is 0 Å². The molecule has 0 saturated heterocycles. The molecule has 78 valence electrons. The zero-order valence-electron chi connectivity index (χ0n) is 8.28. The Labute approximate surface area is 89.9 Å². The standard InChI is InChI=1S/C11H16ClNO/c1-9(13-7-11(12)8-14)10-5-3-2-4-6-10/h2-6,9,11,13-14H,7-8H2,1H3/t9-,11?/m1/s1. The van der Waals surface area contributed by atoms with Crippen LogP contribution in [0.5, 0.6) is 0 Å². The van der Waals surface area contributed by atoms with Crippen LogP contribution in [0.3, 0.4) is 0 Å².